The number of nitriles is 1. The number of ether oxygens (including phenoxy) is 1. The molecule has 0 saturated carbocycles. The van der Waals surface area contributed by atoms with Gasteiger partial charge in [-0.25, -0.2) is 4.79 Å². The number of nitrogens with zero attached hydrogens (tertiary/aromatic N) is 2. The van der Waals surface area contributed by atoms with Gasteiger partial charge in [-0.05, 0) is 45.7 Å². The Morgan fingerprint density at radius 2 is 1.95 bits per heavy atom. The minimum absolute atomic E-state index is 0.125. The van der Waals surface area contributed by atoms with Crippen LogP contribution in [0.4, 0.5) is 10.5 Å². The van der Waals surface area contributed by atoms with Crippen LogP contribution in [-0.2, 0) is 4.74 Å². The Bertz CT molecular complexity index is 564. The molecule has 1 amide bonds. The average molecular weight is 301 g/mol. The molecule has 0 unspecified atom stereocenters. The van der Waals surface area contributed by atoms with Gasteiger partial charge in [0.25, 0.3) is 0 Å². The summed E-state index contributed by atoms with van der Waals surface area (Å²) in [7, 11) is 0. The van der Waals surface area contributed by atoms with Gasteiger partial charge in [0.05, 0.1) is 11.3 Å². The van der Waals surface area contributed by atoms with Crippen molar-refractivity contribution in [3.63, 3.8) is 0 Å². The van der Waals surface area contributed by atoms with Crippen LogP contribution >= 0.6 is 0 Å². The molecule has 0 bridgehead atoms. The molecule has 5 heteroatoms. The second kappa shape index (κ2) is 6.69. The van der Waals surface area contributed by atoms with Gasteiger partial charge in [-0.15, -0.1) is 0 Å². The van der Waals surface area contributed by atoms with Gasteiger partial charge < -0.3 is 15.0 Å². The maximum Gasteiger partial charge on any atom is 0.407 e. The summed E-state index contributed by atoms with van der Waals surface area (Å²) in [6.45, 7) is 7.20. The lowest BCUT2D eigenvalue weighted by Crippen LogP contribution is -2.46. The molecule has 22 heavy (non-hydrogen) atoms. The number of carbonyl (C=O) groups is 1. The normalized spacial score (nSPS) is 16.0. The third-order valence-corrected chi connectivity index (χ3v) is 3.58. The molecular weight excluding hydrogens is 278 g/mol. The number of carbonyl (C=O) groups excluding carboxylic acids is 1. The van der Waals surface area contributed by atoms with E-state index in [1.165, 1.54) is 0 Å². The maximum atomic E-state index is 11.8. The maximum absolute atomic E-state index is 11.8. The number of nitrogens with one attached hydrogen (secondary N) is 1. The molecule has 1 saturated heterocycles. The lowest BCUT2D eigenvalue weighted by Gasteiger charge is -2.34. The first kappa shape index (κ1) is 16.2. The highest BCUT2D eigenvalue weighted by atomic mass is 16.6. The van der Waals surface area contributed by atoms with Crippen LogP contribution < -0.4 is 10.2 Å². The quantitative estimate of drug-likeness (QED) is 0.911. The summed E-state index contributed by atoms with van der Waals surface area (Å²) in [6, 6.07) is 9.98. The number of hydrogen-bond acceptors (Lipinski definition) is 4. The first-order chi connectivity index (χ1) is 10.4. The molecule has 1 N–H and O–H groups in total. The number of amides is 1. The number of piperidine rings is 1. The average Bonchev–Trinajstić information content (AvgIpc) is 2.46. The molecule has 1 heterocycles. The smallest absolute Gasteiger partial charge is 0.407 e. The highest BCUT2D eigenvalue weighted by Gasteiger charge is 2.24. The summed E-state index contributed by atoms with van der Waals surface area (Å²) in [4.78, 5) is 14.0. The number of benzene rings is 1. The first-order valence-electron chi connectivity index (χ1n) is 7.62. The van der Waals surface area contributed by atoms with E-state index in [1.807, 2.05) is 45.0 Å². The van der Waals surface area contributed by atoms with E-state index < -0.39 is 5.60 Å². The summed E-state index contributed by atoms with van der Waals surface area (Å²) in [5.41, 5.74) is 1.19. The summed E-state index contributed by atoms with van der Waals surface area (Å²) in [6.07, 6.45) is 1.33. The number of rotatable bonds is 2. The zero-order chi connectivity index (χ0) is 16.2. The Morgan fingerprint density at radius 3 is 2.55 bits per heavy atom. The van der Waals surface area contributed by atoms with Gasteiger partial charge in [0.15, 0.2) is 0 Å². The Kier molecular flexibility index (Phi) is 4.92. The molecule has 1 aliphatic rings. The standard InChI is InChI=1S/C17H23N3O2/c1-17(2,3)22-16(21)19-14-8-10-20(11-9-14)15-7-5-4-6-13(15)12-18/h4-7,14H,8-11H2,1-3H3,(H,19,21). The van der Waals surface area contributed by atoms with Gasteiger partial charge >= 0.3 is 6.09 Å². The Hall–Kier alpha value is -2.22. The molecule has 0 spiro atoms. The SMILES string of the molecule is CC(C)(C)OC(=O)NC1CCN(c2ccccc2C#N)CC1. The molecule has 2 rings (SSSR count). The second-order valence-electron chi connectivity index (χ2n) is 6.54. The monoisotopic (exact) mass is 301 g/mol. The summed E-state index contributed by atoms with van der Waals surface area (Å²) in [5.74, 6) is 0. The van der Waals surface area contributed by atoms with Gasteiger partial charge in [-0.1, -0.05) is 12.1 Å². The summed E-state index contributed by atoms with van der Waals surface area (Å²) >= 11 is 0. The van der Waals surface area contributed by atoms with E-state index in [1.54, 1.807) is 0 Å². The Balaban J connectivity index is 1.88. The highest BCUT2D eigenvalue weighted by molar-refractivity contribution is 5.68. The van der Waals surface area contributed by atoms with Crippen molar-refractivity contribution in [1.29, 1.82) is 5.26 Å². The molecular formula is C17H23N3O2. The van der Waals surface area contributed by atoms with Crippen molar-refractivity contribution in [1.82, 2.24) is 5.32 Å². The second-order valence-corrected chi connectivity index (χ2v) is 6.54. The van der Waals surface area contributed by atoms with Gasteiger partial charge in [0, 0.05) is 19.1 Å². The molecule has 118 valence electrons. The van der Waals surface area contributed by atoms with Crippen LogP contribution in [0.15, 0.2) is 24.3 Å². The van der Waals surface area contributed by atoms with E-state index in [4.69, 9.17) is 4.74 Å². The van der Waals surface area contributed by atoms with Crippen molar-refractivity contribution >= 4 is 11.8 Å². The van der Waals surface area contributed by atoms with E-state index in [0.29, 0.717) is 5.56 Å². The molecule has 0 aliphatic carbocycles. The van der Waals surface area contributed by atoms with E-state index in [9.17, 15) is 10.1 Å². The molecule has 1 aliphatic heterocycles. The molecule has 1 aromatic carbocycles. The molecule has 5 nitrogen and oxygen atoms in total. The summed E-state index contributed by atoms with van der Waals surface area (Å²) in [5, 5.41) is 12.1. The number of hydrogen-bond donors (Lipinski definition) is 1. The van der Waals surface area contributed by atoms with E-state index >= 15 is 0 Å². The first-order valence-corrected chi connectivity index (χ1v) is 7.62. The van der Waals surface area contributed by atoms with Crippen LogP contribution in [0.25, 0.3) is 0 Å². The van der Waals surface area contributed by atoms with Crippen LogP contribution in [0.5, 0.6) is 0 Å². The largest absolute Gasteiger partial charge is 0.444 e. The predicted molar refractivity (Wildman–Crippen MR) is 85.8 cm³/mol. The fourth-order valence-corrected chi connectivity index (χ4v) is 2.58. The van der Waals surface area contributed by atoms with Crippen LogP contribution in [0, 0.1) is 11.3 Å². The van der Waals surface area contributed by atoms with Crippen molar-refractivity contribution in [2.45, 2.75) is 45.3 Å². The van der Waals surface area contributed by atoms with Crippen molar-refractivity contribution in [3.05, 3.63) is 29.8 Å². The van der Waals surface area contributed by atoms with Crippen molar-refractivity contribution in [3.8, 4) is 6.07 Å². The topological polar surface area (TPSA) is 65.4 Å². The van der Waals surface area contributed by atoms with Crippen molar-refractivity contribution < 1.29 is 9.53 Å². The molecule has 1 aromatic rings. The zero-order valence-electron chi connectivity index (χ0n) is 13.4. The minimum Gasteiger partial charge on any atom is -0.444 e. The van der Waals surface area contributed by atoms with Crippen molar-refractivity contribution in [2.75, 3.05) is 18.0 Å². The minimum atomic E-state index is -0.476. The van der Waals surface area contributed by atoms with Crippen LogP contribution in [-0.4, -0.2) is 30.8 Å². The molecule has 0 radical (unpaired) electrons. The molecule has 0 aromatic heterocycles. The van der Waals surface area contributed by atoms with Gasteiger partial charge in [-0.2, -0.15) is 5.26 Å². The van der Waals surface area contributed by atoms with E-state index in [0.717, 1.165) is 31.6 Å². The molecule has 1 fully saturated rings. The number of para-hydroxylation sites is 1. The third-order valence-electron chi connectivity index (χ3n) is 3.58. The lowest BCUT2D eigenvalue weighted by molar-refractivity contribution is 0.0497. The Morgan fingerprint density at radius 1 is 1.32 bits per heavy atom. The van der Waals surface area contributed by atoms with E-state index in [2.05, 4.69) is 16.3 Å². The van der Waals surface area contributed by atoms with Crippen LogP contribution in [0.3, 0.4) is 0 Å². The number of alkyl carbamates (subject to hydrolysis) is 1. The van der Waals surface area contributed by atoms with Gasteiger partial charge in [0.1, 0.15) is 11.7 Å². The van der Waals surface area contributed by atoms with Crippen LogP contribution in [0.1, 0.15) is 39.2 Å². The van der Waals surface area contributed by atoms with Crippen molar-refractivity contribution in [2.24, 2.45) is 0 Å². The van der Waals surface area contributed by atoms with Gasteiger partial charge in [0.2, 0.25) is 0 Å². The van der Waals surface area contributed by atoms with Crippen LogP contribution in [0.2, 0.25) is 0 Å². The number of anilines is 1. The molecule has 0 atom stereocenters. The highest BCUT2D eigenvalue weighted by Crippen LogP contribution is 2.23. The summed E-state index contributed by atoms with van der Waals surface area (Å²) < 4.78 is 5.28. The fourth-order valence-electron chi connectivity index (χ4n) is 2.58. The lowest BCUT2D eigenvalue weighted by atomic mass is 10.0. The third kappa shape index (κ3) is 4.39. The predicted octanol–water partition coefficient (Wildman–Crippen LogP) is 3.05. The van der Waals surface area contributed by atoms with Gasteiger partial charge in [-0.3, -0.25) is 0 Å². The fraction of sp³-hybridized carbons (Fsp3) is 0.529. The Labute approximate surface area is 131 Å². The van der Waals surface area contributed by atoms with E-state index in [-0.39, 0.29) is 12.1 Å². The zero-order valence-corrected chi connectivity index (χ0v) is 13.4.